The molecule has 0 unspecified atom stereocenters. The van der Waals surface area contributed by atoms with E-state index in [0.29, 0.717) is 12.1 Å². The summed E-state index contributed by atoms with van der Waals surface area (Å²) in [7, 11) is 1.63. The smallest absolute Gasteiger partial charge is 0.254 e. The van der Waals surface area contributed by atoms with Gasteiger partial charge < -0.3 is 19.6 Å². The molecule has 7 nitrogen and oxygen atoms in total. The Balaban J connectivity index is 1.33. The van der Waals surface area contributed by atoms with Gasteiger partial charge in [-0.05, 0) is 54.1 Å². The van der Waals surface area contributed by atoms with E-state index in [9.17, 15) is 14.7 Å². The molecule has 2 fully saturated rings. The second-order valence-electron chi connectivity index (χ2n) is 8.67. The van der Waals surface area contributed by atoms with Crippen LogP contribution < -0.4 is 4.74 Å². The Morgan fingerprint density at radius 1 is 1.03 bits per heavy atom. The SMILES string of the molecule is COc1ccc(C#Cc2ccc([C@@H]3[C@@H](CO)N4C(=O)CN(C(=O)c5ccncc5)C[C@H]34)cc2)cc1. The number of aliphatic hydroxyl groups is 1. The van der Waals surface area contributed by atoms with Crippen LogP contribution >= 0.6 is 0 Å². The number of amides is 2. The number of benzene rings is 2. The minimum Gasteiger partial charge on any atom is -0.497 e. The maximum Gasteiger partial charge on any atom is 0.254 e. The lowest BCUT2D eigenvalue weighted by Crippen LogP contribution is -2.73. The number of nitrogens with zero attached hydrogens (tertiary/aromatic N) is 3. The van der Waals surface area contributed by atoms with Gasteiger partial charge in [-0.2, -0.15) is 0 Å². The van der Waals surface area contributed by atoms with Crippen LogP contribution in [0, 0.1) is 11.8 Å². The van der Waals surface area contributed by atoms with Gasteiger partial charge in [0.05, 0.1) is 25.8 Å². The first-order chi connectivity index (χ1) is 17.1. The number of hydrogen-bond acceptors (Lipinski definition) is 5. The minimum absolute atomic E-state index is 0.0146. The Labute approximate surface area is 204 Å². The number of rotatable bonds is 4. The van der Waals surface area contributed by atoms with Gasteiger partial charge in [-0.25, -0.2) is 0 Å². The van der Waals surface area contributed by atoms with Crippen molar-refractivity contribution in [1.82, 2.24) is 14.8 Å². The molecule has 0 saturated carbocycles. The molecule has 2 aromatic carbocycles. The number of fused-ring (bicyclic) bond motifs is 1. The van der Waals surface area contributed by atoms with Gasteiger partial charge in [-0.15, -0.1) is 0 Å². The highest BCUT2D eigenvalue weighted by Gasteiger charge is 2.54. The Bertz CT molecular complexity index is 1280. The molecule has 1 aromatic heterocycles. The van der Waals surface area contributed by atoms with Crippen LogP contribution in [-0.2, 0) is 4.79 Å². The number of carbonyl (C=O) groups is 2. The molecule has 2 aliphatic rings. The molecule has 5 rings (SSSR count). The second kappa shape index (κ2) is 9.61. The van der Waals surface area contributed by atoms with Crippen LogP contribution in [0.15, 0.2) is 73.1 Å². The van der Waals surface area contributed by atoms with Gasteiger partial charge in [0.1, 0.15) is 12.3 Å². The molecular weight excluding hydrogens is 442 g/mol. The van der Waals surface area contributed by atoms with Crippen LogP contribution in [0.2, 0.25) is 0 Å². The molecule has 2 aliphatic heterocycles. The van der Waals surface area contributed by atoms with Gasteiger partial charge >= 0.3 is 0 Å². The quantitative estimate of drug-likeness (QED) is 0.596. The molecule has 3 aromatic rings. The van der Waals surface area contributed by atoms with E-state index in [2.05, 4.69) is 16.8 Å². The van der Waals surface area contributed by atoms with Gasteiger partial charge in [0, 0.05) is 41.5 Å². The highest BCUT2D eigenvalue weighted by molar-refractivity contribution is 5.97. The zero-order valence-corrected chi connectivity index (χ0v) is 19.3. The van der Waals surface area contributed by atoms with E-state index in [1.165, 1.54) is 0 Å². The fourth-order valence-electron chi connectivity index (χ4n) is 4.94. The van der Waals surface area contributed by atoms with Crippen LogP contribution in [0.3, 0.4) is 0 Å². The highest BCUT2D eigenvalue weighted by Crippen LogP contribution is 2.43. The average molecular weight is 468 g/mol. The minimum atomic E-state index is -0.290. The van der Waals surface area contributed by atoms with E-state index in [1.54, 1.807) is 41.4 Å². The maximum absolute atomic E-state index is 12.9. The largest absolute Gasteiger partial charge is 0.497 e. The normalized spacial score (nSPS) is 20.9. The molecule has 35 heavy (non-hydrogen) atoms. The third kappa shape index (κ3) is 4.36. The first-order valence-corrected chi connectivity index (χ1v) is 11.5. The first-order valence-electron chi connectivity index (χ1n) is 11.5. The lowest BCUT2D eigenvalue weighted by Gasteiger charge is -2.58. The number of methoxy groups -OCH3 is 1. The van der Waals surface area contributed by atoms with Crippen molar-refractivity contribution in [3.63, 3.8) is 0 Å². The van der Waals surface area contributed by atoms with Gasteiger partial charge in [0.25, 0.3) is 5.91 Å². The Morgan fingerprint density at radius 2 is 1.66 bits per heavy atom. The van der Waals surface area contributed by atoms with E-state index >= 15 is 0 Å². The predicted octanol–water partition coefficient (Wildman–Crippen LogP) is 2.30. The lowest BCUT2D eigenvalue weighted by atomic mass is 9.73. The molecule has 2 amide bonds. The molecule has 7 heteroatoms. The standard InChI is InChI=1S/C28H25N3O4/c1-35-23-10-6-20(7-11-23)3-2-19-4-8-21(9-5-19)27-24-16-30(17-26(33)31(24)25(27)18-32)28(34)22-12-14-29-15-13-22/h4-15,24-25,27,32H,16-18H2,1H3/t24-,25-,27+/m1/s1. The van der Waals surface area contributed by atoms with Crippen molar-refractivity contribution in [2.75, 3.05) is 26.8 Å². The molecule has 3 heterocycles. The zero-order valence-electron chi connectivity index (χ0n) is 19.3. The maximum atomic E-state index is 12.9. The van der Waals surface area contributed by atoms with Crippen molar-refractivity contribution in [2.45, 2.75) is 18.0 Å². The summed E-state index contributed by atoms with van der Waals surface area (Å²) in [6.45, 7) is 0.318. The Morgan fingerprint density at radius 3 is 2.26 bits per heavy atom. The summed E-state index contributed by atoms with van der Waals surface area (Å²) < 4.78 is 5.17. The molecular formula is C28H25N3O4. The topological polar surface area (TPSA) is 83.0 Å². The number of piperazine rings is 1. The second-order valence-corrected chi connectivity index (χ2v) is 8.67. The van der Waals surface area contributed by atoms with Crippen LogP contribution in [0.25, 0.3) is 0 Å². The summed E-state index contributed by atoms with van der Waals surface area (Å²) in [6.07, 6.45) is 3.14. The van der Waals surface area contributed by atoms with Crippen LogP contribution in [0.5, 0.6) is 5.75 Å². The zero-order chi connectivity index (χ0) is 24.4. The molecule has 1 N–H and O–H groups in total. The number of aromatic nitrogens is 1. The summed E-state index contributed by atoms with van der Waals surface area (Å²) in [6, 6.07) is 18.3. The third-order valence-electron chi connectivity index (χ3n) is 6.70. The van der Waals surface area contributed by atoms with Gasteiger partial charge in [0.15, 0.2) is 0 Å². The Kier molecular flexibility index (Phi) is 6.21. The molecule has 2 saturated heterocycles. The van der Waals surface area contributed by atoms with Gasteiger partial charge in [-0.1, -0.05) is 24.0 Å². The predicted molar refractivity (Wildman–Crippen MR) is 130 cm³/mol. The molecule has 0 aliphatic carbocycles. The summed E-state index contributed by atoms with van der Waals surface area (Å²) in [5.74, 6) is 6.72. The number of aliphatic hydroxyl groups excluding tert-OH is 1. The molecule has 0 radical (unpaired) electrons. The van der Waals surface area contributed by atoms with Crippen molar-refractivity contribution in [3.05, 3.63) is 95.3 Å². The molecule has 0 spiro atoms. The Hall–Kier alpha value is -4.15. The number of carbonyl (C=O) groups excluding carboxylic acids is 2. The van der Waals surface area contributed by atoms with E-state index < -0.39 is 0 Å². The van der Waals surface area contributed by atoms with Gasteiger partial charge in [-0.3, -0.25) is 14.6 Å². The molecule has 3 atom stereocenters. The van der Waals surface area contributed by atoms with Crippen molar-refractivity contribution in [2.24, 2.45) is 0 Å². The van der Waals surface area contributed by atoms with Gasteiger partial charge in [0.2, 0.25) is 5.91 Å². The number of pyridine rings is 1. The van der Waals surface area contributed by atoms with Crippen molar-refractivity contribution < 1.29 is 19.4 Å². The van der Waals surface area contributed by atoms with Crippen molar-refractivity contribution >= 4 is 11.8 Å². The van der Waals surface area contributed by atoms with E-state index in [1.807, 2.05) is 48.5 Å². The average Bonchev–Trinajstić information content (AvgIpc) is 2.89. The number of hydrogen-bond donors (Lipinski definition) is 1. The van der Waals surface area contributed by atoms with Crippen LogP contribution in [-0.4, -0.2) is 70.6 Å². The van der Waals surface area contributed by atoms with Crippen molar-refractivity contribution in [3.8, 4) is 17.6 Å². The van der Waals surface area contributed by atoms with Crippen LogP contribution in [0.4, 0.5) is 0 Å². The van der Waals surface area contributed by atoms with Crippen LogP contribution in [0.1, 0.15) is 33.0 Å². The summed E-state index contributed by atoms with van der Waals surface area (Å²) in [5.41, 5.74) is 3.29. The highest BCUT2D eigenvalue weighted by atomic mass is 16.5. The monoisotopic (exact) mass is 467 g/mol. The fourth-order valence-corrected chi connectivity index (χ4v) is 4.94. The summed E-state index contributed by atoms with van der Waals surface area (Å²) in [5, 5.41) is 10.0. The van der Waals surface area contributed by atoms with E-state index in [0.717, 1.165) is 22.4 Å². The number of ether oxygens (including phenoxy) is 1. The lowest BCUT2D eigenvalue weighted by molar-refractivity contribution is -0.159. The molecule has 176 valence electrons. The first kappa shape index (κ1) is 22.6. The molecule has 0 bridgehead atoms. The summed E-state index contributed by atoms with van der Waals surface area (Å²) >= 11 is 0. The summed E-state index contributed by atoms with van der Waals surface area (Å²) in [4.78, 5) is 33.1. The van der Waals surface area contributed by atoms with E-state index in [4.69, 9.17) is 4.74 Å². The van der Waals surface area contributed by atoms with Crippen molar-refractivity contribution in [1.29, 1.82) is 0 Å². The third-order valence-corrected chi connectivity index (χ3v) is 6.70. The fraction of sp³-hybridized carbons (Fsp3) is 0.250. The van der Waals surface area contributed by atoms with E-state index in [-0.39, 0.29) is 43.0 Å².